The first-order valence-electron chi connectivity index (χ1n) is 9.79. The number of carbonyl (C=O) groups is 3. The summed E-state index contributed by atoms with van der Waals surface area (Å²) in [6.45, 7) is 3.58. The minimum Gasteiger partial charge on any atom is -0.488 e. The summed E-state index contributed by atoms with van der Waals surface area (Å²) >= 11 is 0. The molecule has 0 aliphatic heterocycles. The molecule has 0 saturated carbocycles. The number of aromatic nitrogens is 1. The van der Waals surface area contributed by atoms with Crippen molar-refractivity contribution in [2.24, 2.45) is 0 Å². The lowest BCUT2D eigenvalue weighted by Gasteiger charge is -2.12. The van der Waals surface area contributed by atoms with Crippen molar-refractivity contribution >= 4 is 23.5 Å². The van der Waals surface area contributed by atoms with Gasteiger partial charge in [-0.05, 0) is 44.2 Å². The van der Waals surface area contributed by atoms with Crippen molar-refractivity contribution in [1.82, 2.24) is 10.5 Å². The number of aryl methyl sites for hydroxylation is 2. The number of hydrogen-bond acceptors (Lipinski definition) is 7. The molecule has 1 heterocycles. The smallest absolute Gasteiger partial charge is 0.325 e. The molecule has 0 fully saturated rings. The molecule has 0 aliphatic carbocycles. The van der Waals surface area contributed by atoms with Gasteiger partial charge in [0.1, 0.15) is 24.7 Å². The first kappa shape index (κ1) is 22.5. The highest BCUT2D eigenvalue weighted by Crippen LogP contribution is 2.23. The van der Waals surface area contributed by atoms with Crippen LogP contribution in [0.1, 0.15) is 37.7 Å². The predicted octanol–water partition coefficient (Wildman–Crippen LogP) is 3.03. The summed E-state index contributed by atoms with van der Waals surface area (Å²) in [4.78, 5) is 36.3. The van der Waals surface area contributed by atoms with Gasteiger partial charge in [-0.3, -0.25) is 14.4 Å². The van der Waals surface area contributed by atoms with Crippen LogP contribution in [0.5, 0.6) is 5.75 Å². The second kappa shape index (κ2) is 10.3. The van der Waals surface area contributed by atoms with E-state index in [1.54, 1.807) is 49.4 Å². The molecular weight excluding hydrogens is 414 g/mol. The highest BCUT2D eigenvalue weighted by molar-refractivity contribution is 6.07. The minimum atomic E-state index is -0.559. The van der Waals surface area contributed by atoms with Gasteiger partial charge in [0.2, 0.25) is 0 Å². The number of esters is 1. The first-order chi connectivity index (χ1) is 15.4. The fraction of sp³-hybridized carbons (Fsp3) is 0.217. The van der Waals surface area contributed by atoms with E-state index in [1.807, 2.05) is 6.92 Å². The second-order valence-corrected chi connectivity index (χ2v) is 6.88. The summed E-state index contributed by atoms with van der Waals surface area (Å²) in [6.07, 6.45) is 0. The van der Waals surface area contributed by atoms with E-state index in [1.165, 1.54) is 13.2 Å². The van der Waals surface area contributed by atoms with E-state index in [0.29, 0.717) is 22.8 Å². The number of carbonyl (C=O) groups excluding carboxylic acids is 3. The van der Waals surface area contributed by atoms with Crippen molar-refractivity contribution in [3.8, 4) is 5.75 Å². The monoisotopic (exact) mass is 437 g/mol. The highest BCUT2D eigenvalue weighted by atomic mass is 16.5. The molecule has 0 radical (unpaired) electrons. The Morgan fingerprint density at radius 3 is 2.53 bits per heavy atom. The molecule has 1 aromatic heterocycles. The number of nitrogens with zero attached hydrogens (tertiary/aromatic N) is 1. The zero-order chi connectivity index (χ0) is 23.1. The van der Waals surface area contributed by atoms with E-state index in [4.69, 9.17) is 9.26 Å². The number of ether oxygens (including phenoxy) is 2. The molecular formula is C23H23N3O6. The van der Waals surface area contributed by atoms with Crippen molar-refractivity contribution in [3.05, 3.63) is 76.7 Å². The van der Waals surface area contributed by atoms with Crippen molar-refractivity contribution in [3.63, 3.8) is 0 Å². The molecule has 32 heavy (non-hydrogen) atoms. The van der Waals surface area contributed by atoms with Gasteiger partial charge in [0.25, 0.3) is 11.8 Å². The normalized spacial score (nSPS) is 10.3. The number of anilines is 1. The molecule has 2 aromatic carbocycles. The lowest BCUT2D eigenvalue weighted by molar-refractivity contribution is -0.139. The number of hydrogen-bond donors (Lipinski definition) is 2. The van der Waals surface area contributed by atoms with E-state index in [2.05, 4.69) is 20.5 Å². The lowest BCUT2D eigenvalue weighted by atomic mass is 10.1. The fourth-order valence-corrected chi connectivity index (χ4v) is 2.90. The highest BCUT2D eigenvalue weighted by Gasteiger charge is 2.16. The molecule has 9 heteroatoms. The van der Waals surface area contributed by atoms with E-state index in [-0.39, 0.29) is 18.7 Å². The third kappa shape index (κ3) is 5.51. The average Bonchev–Trinajstić information content (AvgIpc) is 3.13. The van der Waals surface area contributed by atoms with Gasteiger partial charge < -0.3 is 24.6 Å². The van der Waals surface area contributed by atoms with Crippen molar-refractivity contribution < 1.29 is 28.4 Å². The Bertz CT molecular complexity index is 1120. The molecule has 3 aromatic rings. The van der Waals surface area contributed by atoms with Gasteiger partial charge in [0.05, 0.1) is 23.9 Å². The Hall–Kier alpha value is -4.14. The number of rotatable bonds is 8. The Morgan fingerprint density at radius 1 is 1.03 bits per heavy atom. The Balaban J connectivity index is 1.70. The molecule has 0 atom stereocenters. The van der Waals surface area contributed by atoms with Gasteiger partial charge in [-0.15, -0.1) is 0 Å². The molecule has 166 valence electrons. The second-order valence-electron chi connectivity index (χ2n) is 6.88. The maximum atomic E-state index is 12.9. The molecule has 0 spiro atoms. The van der Waals surface area contributed by atoms with Crippen LogP contribution in [-0.4, -0.2) is 36.6 Å². The number of para-hydroxylation sites is 1. The third-order valence-corrected chi connectivity index (χ3v) is 4.69. The number of nitrogens with one attached hydrogen (secondary N) is 2. The molecule has 2 amide bonds. The fourth-order valence-electron chi connectivity index (χ4n) is 2.90. The largest absolute Gasteiger partial charge is 0.488 e. The number of amides is 2. The van der Waals surface area contributed by atoms with Gasteiger partial charge in [-0.1, -0.05) is 23.4 Å². The van der Waals surface area contributed by atoms with Crippen LogP contribution in [0, 0.1) is 13.8 Å². The van der Waals surface area contributed by atoms with Gasteiger partial charge in [0.15, 0.2) is 0 Å². The maximum absolute atomic E-state index is 12.9. The topological polar surface area (TPSA) is 120 Å². The zero-order valence-corrected chi connectivity index (χ0v) is 17.9. The summed E-state index contributed by atoms with van der Waals surface area (Å²) in [6, 6.07) is 13.2. The standard InChI is InChI=1S/C23H23N3O6/c1-14-19(15(2)32-26-14)13-31-20-10-5-4-9-18(20)23(29)25-17-8-6-7-16(11-17)22(28)24-12-21(27)30-3/h4-11H,12-13H2,1-3H3,(H,24,28)(H,25,29). The molecule has 2 N–H and O–H groups in total. The van der Waals surface area contributed by atoms with Crippen LogP contribution in [0.3, 0.4) is 0 Å². The van der Waals surface area contributed by atoms with Crippen LogP contribution in [0.25, 0.3) is 0 Å². The Morgan fingerprint density at radius 2 is 1.81 bits per heavy atom. The number of methoxy groups -OCH3 is 1. The Labute approximate surface area is 184 Å². The average molecular weight is 437 g/mol. The minimum absolute atomic E-state index is 0.210. The summed E-state index contributed by atoms with van der Waals surface area (Å²) in [5.74, 6) is -0.360. The van der Waals surface area contributed by atoms with Crippen LogP contribution in [0.4, 0.5) is 5.69 Å². The van der Waals surface area contributed by atoms with Crippen molar-refractivity contribution in [1.29, 1.82) is 0 Å². The molecule has 9 nitrogen and oxygen atoms in total. The van der Waals surface area contributed by atoms with E-state index >= 15 is 0 Å². The predicted molar refractivity (Wildman–Crippen MR) is 115 cm³/mol. The van der Waals surface area contributed by atoms with E-state index < -0.39 is 17.8 Å². The Kier molecular flexibility index (Phi) is 7.22. The van der Waals surface area contributed by atoms with Crippen LogP contribution in [0.15, 0.2) is 53.1 Å². The molecule has 0 saturated heterocycles. The molecule has 0 unspecified atom stereocenters. The molecule has 0 aliphatic rings. The van der Waals surface area contributed by atoms with Crippen molar-refractivity contribution in [2.75, 3.05) is 19.0 Å². The van der Waals surface area contributed by atoms with E-state index in [9.17, 15) is 14.4 Å². The SMILES string of the molecule is COC(=O)CNC(=O)c1cccc(NC(=O)c2ccccc2OCc2c(C)noc2C)c1. The van der Waals surface area contributed by atoms with Crippen LogP contribution < -0.4 is 15.4 Å². The lowest BCUT2D eigenvalue weighted by Crippen LogP contribution is -2.30. The van der Waals surface area contributed by atoms with Crippen LogP contribution in [0.2, 0.25) is 0 Å². The number of benzene rings is 2. The maximum Gasteiger partial charge on any atom is 0.325 e. The summed E-state index contributed by atoms with van der Waals surface area (Å²) in [7, 11) is 1.24. The van der Waals surface area contributed by atoms with Gasteiger partial charge in [-0.2, -0.15) is 0 Å². The third-order valence-electron chi connectivity index (χ3n) is 4.69. The van der Waals surface area contributed by atoms with Gasteiger partial charge in [-0.25, -0.2) is 0 Å². The molecule has 3 rings (SSSR count). The van der Waals surface area contributed by atoms with Gasteiger partial charge in [0, 0.05) is 11.3 Å². The van der Waals surface area contributed by atoms with Crippen molar-refractivity contribution in [2.45, 2.75) is 20.5 Å². The summed E-state index contributed by atoms with van der Waals surface area (Å²) in [5.41, 5.74) is 2.59. The first-order valence-corrected chi connectivity index (χ1v) is 9.79. The summed E-state index contributed by atoms with van der Waals surface area (Å²) < 4.78 is 15.5. The quantitative estimate of drug-likeness (QED) is 0.520. The summed E-state index contributed by atoms with van der Waals surface area (Å²) in [5, 5.41) is 9.11. The van der Waals surface area contributed by atoms with Gasteiger partial charge >= 0.3 is 5.97 Å². The van der Waals surface area contributed by atoms with Crippen LogP contribution in [-0.2, 0) is 16.1 Å². The zero-order valence-electron chi connectivity index (χ0n) is 17.9. The van der Waals surface area contributed by atoms with Crippen LogP contribution >= 0.6 is 0 Å². The molecule has 0 bridgehead atoms. The van der Waals surface area contributed by atoms with E-state index in [0.717, 1.165) is 11.3 Å².